The third-order valence-electron chi connectivity index (χ3n) is 1.93. The first-order valence-corrected chi connectivity index (χ1v) is 5.11. The van der Waals surface area contributed by atoms with Gasteiger partial charge in [-0.2, -0.15) is 0 Å². The number of pyridine rings is 1. The number of hydrogen-bond donors (Lipinski definition) is 1. The lowest BCUT2D eigenvalue weighted by Gasteiger charge is -2.21. The molecule has 0 aromatic carbocycles. The van der Waals surface area contributed by atoms with Crippen molar-refractivity contribution in [2.24, 2.45) is 5.41 Å². The van der Waals surface area contributed by atoms with Crippen LogP contribution in [0, 0.1) is 5.41 Å². The summed E-state index contributed by atoms with van der Waals surface area (Å²) in [6.07, 6.45) is 0.728. The zero-order valence-corrected chi connectivity index (χ0v) is 9.73. The van der Waals surface area contributed by atoms with Gasteiger partial charge < -0.3 is 5.11 Å². The summed E-state index contributed by atoms with van der Waals surface area (Å²) < 4.78 is 0. The van der Waals surface area contributed by atoms with Crippen molar-refractivity contribution < 1.29 is 5.11 Å². The predicted octanol–water partition coefficient (Wildman–Crippen LogP) is 2.95. The average molecular weight is 234 g/mol. The molecule has 0 atom stereocenters. The van der Waals surface area contributed by atoms with E-state index in [2.05, 4.69) is 4.98 Å². The van der Waals surface area contributed by atoms with Crippen molar-refractivity contribution in [2.75, 3.05) is 6.61 Å². The van der Waals surface area contributed by atoms with Crippen LogP contribution in [0.4, 0.5) is 0 Å². The van der Waals surface area contributed by atoms with E-state index in [9.17, 15) is 0 Å². The number of rotatable bonds is 3. The summed E-state index contributed by atoms with van der Waals surface area (Å²) in [5, 5.41) is 9.89. The molecule has 1 heterocycles. The molecule has 0 aliphatic carbocycles. The highest BCUT2D eigenvalue weighted by Gasteiger charge is 2.17. The minimum absolute atomic E-state index is 0.130. The molecule has 0 unspecified atom stereocenters. The van der Waals surface area contributed by atoms with Crippen molar-refractivity contribution in [1.29, 1.82) is 0 Å². The molecule has 0 spiro atoms. The molecule has 1 aromatic heterocycles. The molecule has 0 aliphatic rings. The first-order valence-electron chi connectivity index (χ1n) is 4.36. The maximum absolute atomic E-state index is 9.11. The third kappa shape index (κ3) is 3.45. The molecule has 0 radical (unpaired) electrons. The van der Waals surface area contributed by atoms with Gasteiger partial charge in [0, 0.05) is 6.61 Å². The van der Waals surface area contributed by atoms with Crippen LogP contribution in [0.15, 0.2) is 12.1 Å². The van der Waals surface area contributed by atoms with E-state index in [1.165, 1.54) is 0 Å². The molecule has 2 nitrogen and oxygen atoms in total. The second-order valence-electron chi connectivity index (χ2n) is 4.12. The van der Waals surface area contributed by atoms with Gasteiger partial charge in [0.05, 0.1) is 0 Å². The fourth-order valence-corrected chi connectivity index (χ4v) is 1.73. The van der Waals surface area contributed by atoms with E-state index in [0.29, 0.717) is 10.3 Å². The van der Waals surface area contributed by atoms with E-state index < -0.39 is 0 Å². The van der Waals surface area contributed by atoms with Crippen molar-refractivity contribution in [3.63, 3.8) is 0 Å². The maximum atomic E-state index is 9.11. The molecular weight excluding hydrogens is 221 g/mol. The zero-order chi connectivity index (χ0) is 10.8. The minimum atomic E-state index is -0.159. The number of aliphatic hydroxyl groups excluding tert-OH is 1. The van der Waals surface area contributed by atoms with Gasteiger partial charge in [0.25, 0.3) is 0 Å². The van der Waals surface area contributed by atoms with Crippen LogP contribution in [0.2, 0.25) is 10.3 Å². The van der Waals surface area contributed by atoms with Crippen LogP contribution in [0.1, 0.15) is 19.4 Å². The van der Waals surface area contributed by atoms with Crippen LogP contribution in [0.5, 0.6) is 0 Å². The Labute approximate surface area is 93.9 Å². The van der Waals surface area contributed by atoms with Gasteiger partial charge >= 0.3 is 0 Å². The molecular formula is C10H13Cl2NO. The molecule has 0 saturated heterocycles. The number of nitrogens with zero attached hydrogens (tertiary/aromatic N) is 1. The van der Waals surface area contributed by atoms with Gasteiger partial charge in [-0.1, -0.05) is 37.0 Å². The summed E-state index contributed by atoms with van der Waals surface area (Å²) in [6.45, 7) is 4.09. The summed E-state index contributed by atoms with van der Waals surface area (Å²) in [5.41, 5.74) is 0.836. The molecule has 1 N–H and O–H groups in total. The summed E-state index contributed by atoms with van der Waals surface area (Å²) >= 11 is 11.5. The maximum Gasteiger partial charge on any atom is 0.131 e. The quantitative estimate of drug-likeness (QED) is 0.815. The molecule has 0 saturated carbocycles. The van der Waals surface area contributed by atoms with Gasteiger partial charge in [0.15, 0.2) is 0 Å². The van der Waals surface area contributed by atoms with E-state index in [1.54, 1.807) is 12.1 Å². The molecule has 1 aromatic rings. The largest absolute Gasteiger partial charge is 0.396 e. The smallest absolute Gasteiger partial charge is 0.131 e. The van der Waals surface area contributed by atoms with Gasteiger partial charge in [-0.3, -0.25) is 0 Å². The van der Waals surface area contributed by atoms with Crippen LogP contribution in [0.25, 0.3) is 0 Å². The SMILES string of the molecule is CC(C)(CO)Cc1cc(Cl)nc(Cl)c1. The lowest BCUT2D eigenvalue weighted by molar-refractivity contribution is 0.159. The average Bonchev–Trinajstić information content (AvgIpc) is 2.01. The normalized spacial score (nSPS) is 11.8. The highest BCUT2D eigenvalue weighted by molar-refractivity contribution is 6.32. The Hall–Kier alpha value is -0.310. The van der Waals surface area contributed by atoms with Gasteiger partial charge in [-0.25, -0.2) is 4.98 Å². The highest BCUT2D eigenvalue weighted by Crippen LogP contribution is 2.23. The Kier molecular flexibility index (Phi) is 3.76. The Balaban J connectivity index is 2.87. The Morgan fingerprint density at radius 2 is 1.79 bits per heavy atom. The Bertz CT molecular complexity index is 306. The number of aliphatic hydroxyl groups is 1. The molecule has 14 heavy (non-hydrogen) atoms. The van der Waals surface area contributed by atoms with Crippen molar-refractivity contribution in [3.05, 3.63) is 28.0 Å². The lowest BCUT2D eigenvalue weighted by atomic mass is 9.87. The lowest BCUT2D eigenvalue weighted by Crippen LogP contribution is -2.19. The third-order valence-corrected chi connectivity index (χ3v) is 2.32. The summed E-state index contributed by atoms with van der Waals surface area (Å²) in [6, 6.07) is 3.54. The molecule has 0 aliphatic heterocycles. The van der Waals surface area contributed by atoms with Crippen LogP contribution in [0.3, 0.4) is 0 Å². The number of aromatic nitrogens is 1. The van der Waals surface area contributed by atoms with Gasteiger partial charge in [0.2, 0.25) is 0 Å². The summed E-state index contributed by atoms with van der Waals surface area (Å²) in [7, 11) is 0. The fraction of sp³-hybridized carbons (Fsp3) is 0.500. The fourth-order valence-electron chi connectivity index (χ4n) is 1.22. The molecule has 78 valence electrons. The second kappa shape index (κ2) is 4.47. The first-order chi connectivity index (χ1) is 6.43. The van der Waals surface area contributed by atoms with Gasteiger partial charge in [-0.15, -0.1) is 0 Å². The standard InChI is InChI=1S/C10H13Cl2NO/c1-10(2,6-14)5-7-3-8(11)13-9(12)4-7/h3-4,14H,5-6H2,1-2H3. The Morgan fingerprint density at radius 3 is 2.21 bits per heavy atom. The highest BCUT2D eigenvalue weighted by atomic mass is 35.5. The van der Waals surface area contributed by atoms with E-state index in [1.807, 2.05) is 13.8 Å². The molecule has 0 fully saturated rings. The van der Waals surface area contributed by atoms with Crippen LogP contribution >= 0.6 is 23.2 Å². The topological polar surface area (TPSA) is 33.1 Å². The molecule has 0 amide bonds. The van der Waals surface area contributed by atoms with Crippen LogP contribution in [-0.4, -0.2) is 16.7 Å². The summed E-state index contributed by atoms with van der Waals surface area (Å²) in [5.74, 6) is 0. The van der Waals surface area contributed by atoms with E-state index >= 15 is 0 Å². The van der Waals surface area contributed by atoms with Crippen molar-refractivity contribution >= 4 is 23.2 Å². The van der Waals surface area contributed by atoms with Gasteiger partial charge in [-0.05, 0) is 29.5 Å². The number of hydrogen-bond acceptors (Lipinski definition) is 2. The minimum Gasteiger partial charge on any atom is -0.396 e. The van der Waals surface area contributed by atoms with Crippen molar-refractivity contribution in [3.8, 4) is 0 Å². The second-order valence-corrected chi connectivity index (χ2v) is 4.89. The first kappa shape index (κ1) is 11.8. The molecule has 0 bridgehead atoms. The molecule has 4 heteroatoms. The van der Waals surface area contributed by atoms with Crippen molar-refractivity contribution in [1.82, 2.24) is 4.98 Å². The van der Waals surface area contributed by atoms with Crippen molar-refractivity contribution in [2.45, 2.75) is 20.3 Å². The van der Waals surface area contributed by atoms with Gasteiger partial charge in [0.1, 0.15) is 10.3 Å². The number of halogens is 2. The van der Waals surface area contributed by atoms with E-state index in [-0.39, 0.29) is 12.0 Å². The monoisotopic (exact) mass is 233 g/mol. The predicted molar refractivity (Wildman–Crippen MR) is 58.8 cm³/mol. The van der Waals surface area contributed by atoms with Crippen LogP contribution in [-0.2, 0) is 6.42 Å². The Morgan fingerprint density at radius 1 is 1.29 bits per heavy atom. The van der Waals surface area contributed by atoms with E-state index in [0.717, 1.165) is 12.0 Å². The zero-order valence-electron chi connectivity index (χ0n) is 8.22. The molecule has 1 rings (SSSR count). The summed E-state index contributed by atoms with van der Waals surface area (Å²) in [4.78, 5) is 3.86. The van der Waals surface area contributed by atoms with Crippen LogP contribution < -0.4 is 0 Å². The van der Waals surface area contributed by atoms with E-state index in [4.69, 9.17) is 28.3 Å².